The van der Waals surface area contributed by atoms with Crippen LogP contribution in [0, 0.1) is 24.6 Å². The number of methoxy groups -OCH3 is 1. The first kappa shape index (κ1) is 32.7. The zero-order chi connectivity index (χ0) is 32.5. The van der Waals surface area contributed by atoms with Gasteiger partial charge in [0, 0.05) is 17.5 Å². The zero-order valence-electron chi connectivity index (χ0n) is 25.7. The van der Waals surface area contributed by atoms with Crippen LogP contribution >= 0.6 is 11.3 Å². The van der Waals surface area contributed by atoms with Gasteiger partial charge in [-0.2, -0.15) is 10.2 Å². The van der Waals surface area contributed by atoms with Crippen molar-refractivity contribution in [1.29, 1.82) is 0 Å². The molecule has 2 atom stereocenters. The molecule has 0 saturated carbocycles. The van der Waals surface area contributed by atoms with Crippen LogP contribution in [0.5, 0.6) is 5.75 Å². The lowest BCUT2D eigenvalue weighted by atomic mass is 9.91. The Hall–Kier alpha value is -4.17. The molecule has 3 aromatic heterocycles. The quantitative estimate of drug-likeness (QED) is 0.231. The van der Waals surface area contributed by atoms with E-state index >= 15 is 0 Å². The molecule has 0 radical (unpaired) electrons. The fraction of sp³-hybridized carbons (Fsp3) is 0.467. The molecule has 236 valence electrons. The molecule has 0 fully saturated rings. The van der Waals surface area contributed by atoms with E-state index in [4.69, 9.17) is 9.47 Å². The van der Waals surface area contributed by atoms with Gasteiger partial charge < -0.3 is 14.6 Å². The van der Waals surface area contributed by atoms with Crippen molar-refractivity contribution in [1.82, 2.24) is 24.1 Å². The third-order valence-electron chi connectivity index (χ3n) is 7.48. The van der Waals surface area contributed by atoms with Crippen LogP contribution in [-0.4, -0.2) is 54.7 Å². The van der Waals surface area contributed by atoms with Crippen LogP contribution in [0.3, 0.4) is 0 Å². The number of benzene rings is 1. The smallest absolute Gasteiger partial charge is 0.333 e. The van der Waals surface area contributed by atoms with Gasteiger partial charge in [0.05, 0.1) is 44.0 Å². The summed E-state index contributed by atoms with van der Waals surface area (Å²) in [6, 6.07) is 3.81. The number of ether oxygens (including phenoxy) is 2. The highest BCUT2D eigenvalue weighted by Crippen LogP contribution is 2.34. The maximum Gasteiger partial charge on any atom is 0.333 e. The SMILES string of the molecule is COc1ccc(F)cc1[C@H](Cn1c(=O)n(C(C)(C)C(=O)CC(C)C)c(=O)c2c(C)c(-n3nccn3)sc21)OC[C@H](C)C(=O)O. The molecule has 44 heavy (non-hydrogen) atoms. The molecule has 0 amide bonds. The fourth-order valence-corrected chi connectivity index (χ4v) is 6.16. The van der Waals surface area contributed by atoms with Gasteiger partial charge in [-0.3, -0.25) is 19.0 Å². The molecular weight excluding hydrogens is 593 g/mol. The molecule has 3 heterocycles. The molecule has 0 bridgehead atoms. The lowest BCUT2D eigenvalue weighted by Gasteiger charge is -2.28. The van der Waals surface area contributed by atoms with Gasteiger partial charge >= 0.3 is 11.7 Å². The molecule has 4 aromatic rings. The summed E-state index contributed by atoms with van der Waals surface area (Å²) in [5.74, 6) is -2.67. The summed E-state index contributed by atoms with van der Waals surface area (Å²) in [5.41, 5.74) is -2.20. The molecule has 12 nitrogen and oxygen atoms in total. The van der Waals surface area contributed by atoms with Crippen LogP contribution < -0.4 is 16.0 Å². The number of fused-ring (bicyclic) bond motifs is 1. The topological polar surface area (TPSA) is 148 Å². The van der Waals surface area contributed by atoms with Gasteiger partial charge in [0.1, 0.15) is 33.0 Å². The fourth-order valence-electron chi connectivity index (χ4n) is 4.94. The summed E-state index contributed by atoms with van der Waals surface area (Å²) in [7, 11) is 1.40. The molecule has 0 aliphatic carbocycles. The molecule has 0 saturated heterocycles. The number of ketones is 1. The minimum atomic E-state index is -1.52. The lowest BCUT2D eigenvalue weighted by molar-refractivity contribution is -0.144. The molecule has 0 spiro atoms. The van der Waals surface area contributed by atoms with Crippen molar-refractivity contribution >= 4 is 33.3 Å². The van der Waals surface area contributed by atoms with E-state index in [-0.39, 0.29) is 52.8 Å². The van der Waals surface area contributed by atoms with Crippen molar-refractivity contribution in [3.63, 3.8) is 0 Å². The summed E-state index contributed by atoms with van der Waals surface area (Å²) in [5, 5.41) is 18.5. The van der Waals surface area contributed by atoms with Crippen LogP contribution in [0.4, 0.5) is 4.39 Å². The number of carbonyl (C=O) groups excluding carboxylic acids is 1. The largest absolute Gasteiger partial charge is 0.496 e. The van der Waals surface area contributed by atoms with E-state index in [1.807, 2.05) is 13.8 Å². The first-order valence-electron chi connectivity index (χ1n) is 14.1. The highest BCUT2D eigenvalue weighted by molar-refractivity contribution is 7.21. The van der Waals surface area contributed by atoms with Crippen LogP contribution in [0.25, 0.3) is 15.2 Å². The van der Waals surface area contributed by atoms with Crippen molar-refractivity contribution in [3.05, 3.63) is 68.4 Å². The molecule has 1 aromatic carbocycles. The number of rotatable bonds is 13. The summed E-state index contributed by atoms with van der Waals surface area (Å²) < 4.78 is 28.3. The molecular formula is C30H36FN5O7S. The van der Waals surface area contributed by atoms with Crippen molar-refractivity contribution < 1.29 is 28.6 Å². The van der Waals surface area contributed by atoms with E-state index in [0.29, 0.717) is 10.6 Å². The second-order valence-corrected chi connectivity index (χ2v) is 12.6. The summed E-state index contributed by atoms with van der Waals surface area (Å²) >= 11 is 1.10. The highest BCUT2D eigenvalue weighted by atomic mass is 32.1. The number of carboxylic acids is 1. The van der Waals surface area contributed by atoms with E-state index in [2.05, 4.69) is 10.2 Å². The Morgan fingerprint density at radius 1 is 1.14 bits per heavy atom. The third-order valence-corrected chi connectivity index (χ3v) is 8.76. The van der Waals surface area contributed by atoms with Gasteiger partial charge in [-0.1, -0.05) is 25.2 Å². The average molecular weight is 630 g/mol. The zero-order valence-corrected chi connectivity index (χ0v) is 26.5. The molecule has 0 unspecified atom stereocenters. The maximum atomic E-state index is 14.6. The summed E-state index contributed by atoms with van der Waals surface area (Å²) in [6.45, 7) is 9.46. The average Bonchev–Trinajstić information content (AvgIpc) is 3.60. The van der Waals surface area contributed by atoms with E-state index in [0.717, 1.165) is 15.9 Å². The number of aryl methyl sites for hydroxylation is 1. The van der Waals surface area contributed by atoms with Gasteiger partial charge in [-0.25, -0.2) is 13.8 Å². The predicted molar refractivity (Wildman–Crippen MR) is 162 cm³/mol. The molecule has 4 rings (SSSR count). The van der Waals surface area contributed by atoms with Crippen LogP contribution in [0.15, 0.2) is 40.2 Å². The van der Waals surface area contributed by atoms with Gasteiger partial charge in [0.25, 0.3) is 5.56 Å². The molecule has 0 aliphatic rings. The summed E-state index contributed by atoms with van der Waals surface area (Å²) in [4.78, 5) is 55.1. The number of thiophene rings is 1. The molecule has 1 N–H and O–H groups in total. The minimum Gasteiger partial charge on any atom is -0.496 e. The first-order valence-corrected chi connectivity index (χ1v) is 14.9. The number of aromatic nitrogens is 5. The second-order valence-electron chi connectivity index (χ2n) is 11.6. The number of Topliss-reactive ketones (excluding diaryl/α,β-unsaturated/α-hetero) is 1. The van der Waals surface area contributed by atoms with Crippen LogP contribution in [-0.2, 0) is 26.4 Å². The van der Waals surface area contributed by atoms with Crippen molar-refractivity contribution in [3.8, 4) is 10.8 Å². The number of aliphatic carboxylic acids is 1. The number of hydrogen-bond acceptors (Lipinski definition) is 9. The number of nitrogens with zero attached hydrogens (tertiary/aromatic N) is 5. The van der Waals surface area contributed by atoms with Gasteiger partial charge in [0.2, 0.25) is 0 Å². The maximum absolute atomic E-state index is 14.6. The minimum absolute atomic E-state index is 0.0155. The molecule has 0 aliphatic heterocycles. The lowest BCUT2D eigenvalue weighted by Crippen LogP contribution is -2.53. The summed E-state index contributed by atoms with van der Waals surface area (Å²) in [6.07, 6.45) is 2.01. The highest BCUT2D eigenvalue weighted by Gasteiger charge is 2.36. The van der Waals surface area contributed by atoms with Gasteiger partial charge in [0.15, 0.2) is 5.78 Å². The Morgan fingerprint density at radius 3 is 2.39 bits per heavy atom. The molecule has 14 heteroatoms. The normalized spacial score (nSPS) is 13.4. The Morgan fingerprint density at radius 2 is 1.80 bits per heavy atom. The Bertz CT molecular complexity index is 1810. The van der Waals surface area contributed by atoms with Crippen molar-refractivity contribution in [2.75, 3.05) is 13.7 Å². The number of carbonyl (C=O) groups is 2. The second kappa shape index (κ2) is 12.8. The van der Waals surface area contributed by atoms with Crippen LogP contribution in [0.2, 0.25) is 0 Å². The van der Waals surface area contributed by atoms with E-state index in [1.165, 1.54) is 67.8 Å². The van der Waals surface area contributed by atoms with Crippen molar-refractivity contribution in [2.24, 2.45) is 11.8 Å². The van der Waals surface area contributed by atoms with Gasteiger partial charge in [-0.05, 0) is 51.8 Å². The third kappa shape index (κ3) is 6.22. The Balaban J connectivity index is 2.02. The number of hydrogen-bond donors (Lipinski definition) is 1. The standard InChI is InChI=1S/C30H36FN5O7S/c1-16(2)12-23(37)30(5,6)35-25(38)24-18(4)26(36-32-10-11-33-36)44-27(24)34(29(35)41)14-22(43-15-17(3)28(39)40)20-13-19(31)8-9-21(20)42-7/h8-11,13,16-17,22H,12,14-15H2,1-7H3,(H,39,40)/t17-,22-/m0/s1. The number of halogens is 1. The van der Waals surface area contributed by atoms with Crippen LogP contribution in [0.1, 0.15) is 58.3 Å². The number of carboxylic acid groups (broad SMARTS) is 1. The Labute approximate surface area is 256 Å². The van der Waals surface area contributed by atoms with E-state index in [9.17, 15) is 28.7 Å². The van der Waals surface area contributed by atoms with E-state index < -0.39 is 40.6 Å². The predicted octanol–water partition coefficient (Wildman–Crippen LogP) is 4.09. The van der Waals surface area contributed by atoms with Gasteiger partial charge in [-0.15, -0.1) is 4.80 Å². The Kier molecular flexibility index (Phi) is 9.54. The monoisotopic (exact) mass is 629 g/mol. The van der Waals surface area contributed by atoms with Crippen molar-refractivity contribution in [2.45, 2.75) is 66.2 Å². The first-order chi connectivity index (χ1) is 20.7. The van der Waals surface area contributed by atoms with E-state index in [1.54, 1.807) is 6.92 Å².